The van der Waals surface area contributed by atoms with Gasteiger partial charge in [0.2, 0.25) is 0 Å². The number of nitrogens with zero attached hydrogens (tertiary/aromatic N) is 2. The largest absolute Gasteiger partial charge is 1.00 e. The number of phenolic OH excluding ortho intramolecular Hbond substituents is 2. The third-order valence-corrected chi connectivity index (χ3v) is 4.52. The van der Waals surface area contributed by atoms with E-state index in [0.717, 1.165) is 11.6 Å². The minimum Gasteiger partial charge on any atom is -1.00 e. The molecule has 26 heavy (non-hydrogen) atoms. The Morgan fingerprint density at radius 2 is 1.58 bits per heavy atom. The number of aromatic hydroxyl groups is 2. The summed E-state index contributed by atoms with van der Waals surface area (Å²) in [5.74, 6) is -0.532. The van der Waals surface area contributed by atoms with Crippen LogP contribution in [-0.2, 0) is 10.1 Å². The van der Waals surface area contributed by atoms with Crippen LogP contribution < -0.4 is 29.6 Å². The van der Waals surface area contributed by atoms with Gasteiger partial charge in [-0.3, -0.25) is 4.55 Å². The zero-order chi connectivity index (χ0) is 18.2. The molecular formula is C17H15N2NaO5S. The Morgan fingerprint density at radius 3 is 2.23 bits per heavy atom. The molecule has 0 saturated heterocycles. The summed E-state index contributed by atoms with van der Waals surface area (Å²) in [6.07, 6.45) is 0. The number of azo groups is 1. The second kappa shape index (κ2) is 7.73. The smallest absolute Gasteiger partial charge is 1.00 e. The van der Waals surface area contributed by atoms with Crippen molar-refractivity contribution in [1.82, 2.24) is 0 Å². The van der Waals surface area contributed by atoms with Gasteiger partial charge in [-0.25, -0.2) is 0 Å². The summed E-state index contributed by atoms with van der Waals surface area (Å²) in [6, 6.07) is 12.0. The van der Waals surface area contributed by atoms with Crippen molar-refractivity contribution in [3.05, 3.63) is 54.1 Å². The third-order valence-electron chi connectivity index (χ3n) is 3.62. The first-order valence-electron chi connectivity index (χ1n) is 7.21. The van der Waals surface area contributed by atoms with E-state index >= 15 is 0 Å². The SMILES string of the molecule is Cc1ccc(O)c(N=Nc2c(O)cc(S(=O)(=O)O)c3ccccc23)c1.[H-].[Na+]. The first-order chi connectivity index (χ1) is 11.8. The molecule has 0 amide bonds. The summed E-state index contributed by atoms with van der Waals surface area (Å²) in [5.41, 5.74) is 1.11. The predicted octanol–water partition coefficient (Wildman–Crippen LogP) is 1.34. The molecule has 0 saturated carbocycles. The molecule has 3 N–H and O–H groups in total. The van der Waals surface area contributed by atoms with E-state index in [-0.39, 0.29) is 53.5 Å². The van der Waals surface area contributed by atoms with Crippen molar-refractivity contribution in [2.24, 2.45) is 10.2 Å². The average Bonchev–Trinajstić information content (AvgIpc) is 2.55. The van der Waals surface area contributed by atoms with Gasteiger partial charge in [0.15, 0.2) is 0 Å². The van der Waals surface area contributed by atoms with Crippen LogP contribution in [0.25, 0.3) is 10.8 Å². The van der Waals surface area contributed by atoms with E-state index in [9.17, 15) is 23.2 Å². The number of benzene rings is 3. The van der Waals surface area contributed by atoms with Crippen LogP contribution >= 0.6 is 0 Å². The van der Waals surface area contributed by atoms with Gasteiger partial charge in [-0.15, -0.1) is 10.2 Å². The van der Waals surface area contributed by atoms with Crippen molar-refractivity contribution < 1.29 is 54.2 Å². The fraction of sp³-hybridized carbons (Fsp3) is 0.0588. The molecule has 0 aromatic heterocycles. The molecule has 3 aromatic carbocycles. The van der Waals surface area contributed by atoms with Crippen molar-refractivity contribution in [3.63, 3.8) is 0 Å². The minimum atomic E-state index is -4.52. The molecule has 0 heterocycles. The maximum absolute atomic E-state index is 11.5. The molecule has 7 nitrogen and oxygen atoms in total. The van der Waals surface area contributed by atoms with Crippen LogP contribution in [-0.4, -0.2) is 23.2 Å². The molecule has 0 atom stereocenters. The molecule has 3 aromatic rings. The number of aryl methyl sites for hydroxylation is 1. The maximum atomic E-state index is 11.5. The quantitative estimate of drug-likeness (QED) is 0.359. The fourth-order valence-corrected chi connectivity index (χ4v) is 3.17. The number of hydrogen-bond donors (Lipinski definition) is 3. The van der Waals surface area contributed by atoms with Crippen molar-refractivity contribution in [2.45, 2.75) is 11.8 Å². The van der Waals surface area contributed by atoms with E-state index in [1.807, 2.05) is 6.92 Å². The zero-order valence-corrected chi connectivity index (χ0v) is 16.9. The Kier molecular flexibility index (Phi) is 6.05. The first-order valence-corrected chi connectivity index (χ1v) is 8.65. The van der Waals surface area contributed by atoms with Gasteiger partial charge in [0.25, 0.3) is 10.1 Å². The average molecular weight is 382 g/mol. The van der Waals surface area contributed by atoms with Crippen molar-refractivity contribution in [1.29, 1.82) is 0 Å². The topological polar surface area (TPSA) is 120 Å². The van der Waals surface area contributed by atoms with Crippen molar-refractivity contribution >= 4 is 32.3 Å². The van der Waals surface area contributed by atoms with E-state index in [4.69, 9.17) is 0 Å². The molecule has 0 unspecified atom stereocenters. The summed E-state index contributed by atoms with van der Waals surface area (Å²) in [5, 5.41) is 28.4. The minimum absolute atomic E-state index is 0. The molecule has 9 heteroatoms. The van der Waals surface area contributed by atoms with Crippen LogP contribution in [0.4, 0.5) is 11.4 Å². The Balaban J connectivity index is 0.00000182. The van der Waals surface area contributed by atoms with Gasteiger partial charge in [0, 0.05) is 16.8 Å². The van der Waals surface area contributed by atoms with Crippen molar-refractivity contribution in [3.8, 4) is 11.5 Å². The molecular weight excluding hydrogens is 367 g/mol. The van der Waals surface area contributed by atoms with E-state index < -0.39 is 20.8 Å². The summed E-state index contributed by atoms with van der Waals surface area (Å²) < 4.78 is 32.4. The predicted molar refractivity (Wildman–Crippen MR) is 93.6 cm³/mol. The standard InChI is InChI=1S/C17H14N2O5S.Na.H/c1-10-6-7-14(20)13(8-10)18-19-17-12-5-3-2-4-11(12)16(9-15(17)21)25(22,23)24;;/h2-9,20-21H,1H3,(H,22,23,24);;/q;+1;-1. The second-order valence-electron chi connectivity index (χ2n) is 5.46. The molecule has 0 aliphatic rings. The van der Waals surface area contributed by atoms with E-state index in [1.165, 1.54) is 12.1 Å². The summed E-state index contributed by atoms with van der Waals surface area (Å²) in [6.45, 7) is 1.83. The van der Waals surface area contributed by atoms with Crippen LogP contribution in [0.1, 0.15) is 6.99 Å². The van der Waals surface area contributed by atoms with E-state index in [1.54, 1.807) is 30.3 Å². The van der Waals surface area contributed by atoms with Crippen LogP contribution in [0, 0.1) is 6.92 Å². The maximum Gasteiger partial charge on any atom is 1.00 e. The Morgan fingerprint density at radius 1 is 0.923 bits per heavy atom. The molecule has 130 valence electrons. The molecule has 0 bridgehead atoms. The van der Waals surface area contributed by atoms with E-state index in [2.05, 4.69) is 10.2 Å². The molecule has 0 aliphatic heterocycles. The number of rotatable bonds is 3. The fourth-order valence-electron chi connectivity index (χ4n) is 2.45. The van der Waals surface area contributed by atoms with Gasteiger partial charge in [-0.1, -0.05) is 30.3 Å². The molecule has 0 spiro atoms. The third kappa shape index (κ3) is 4.05. The van der Waals surface area contributed by atoms with Gasteiger partial charge in [-0.05, 0) is 24.6 Å². The molecule has 0 aliphatic carbocycles. The molecule has 0 fully saturated rings. The monoisotopic (exact) mass is 382 g/mol. The van der Waals surface area contributed by atoms with Gasteiger partial charge in [-0.2, -0.15) is 8.42 Å². The summed E-state index contributed by atoms with van der Waals surface area (Å²) in [7, 11) is -4.52. The van der Waals surface area contributed by atoms with Crippen LogP contribution in [0.15, 0.2) is 63.7 Å². The summed E-state index contributed by atoms with van der Waals surface area (Å²) >= 11 is 0. The van der Waals surface area contributed by atoms with Gasteiger partial charge in [0.1, 0.15) is 27.8 Å². The Bertz CT molecular complexity index is 1120. The van der Waals surface area contributed by atoms with Crippen LogP contribution in [0.5, 0.6) is 11.5 Å². The number of fused-ring (bicyclic) bond motifs is 1. The van der Waals surface area contributed by atoms with Gasteiger partial charge in [0.05, 0.1) is 0 Å². The first kappa shape index (κ1) is 20.3. The number of phenols is 2. The summed E-state index contributed by atoms with van der Waals surface area (Å²) in [4.78, 5) is -0.419. The van der Waals surface area contributed by atoms with Crippen LogP contribution in [0.3, 0.4) is 0 Å². The van der Waals surface area contributed by atoms with Crippen molar-refractivity contribution in [2.75, 3.05) is 0 Å². The zero-order valence-electron chi connectivity index (χ0n) is 15.1. The van der Waals surface area contributed by atoms with E-state index in [0.29, 0.717) is 5.39 Å². The van der Waals surface area contributed by atoms with Gasteiger partial charge >= 0.3 is 29.6 Å². The molecule has 0 radical (unpaired) electrons. The number of hydrogen-bond acceptors (Lipinski definition) is 6. The Labute approximate surface area is 173 Å². The normalized spacial score (nSPS) is 11.6. The Hall–Kier alpha value is -1.97. The second-order valence-corrected chi connectivity index (χ2v) is 6.85. The molecule has 3 rings (SSSR count). The van der Waals surface area contributed by atoms with Gasteiger partial charge < -0.3 is 11.6 Å². The van der Waals surface area contributed by atoms with Crippen LogP contribution in [0.2, 0.25) is 0 Å².